The molecule has 3 aromatic carbocycles. The number of nitrogens with one attached hydrogen (secondary N) is 1. The first-order valence-corrected chi connectivity index (χ1v) is 12.8. The van der Waals surface area contributed by atoms with Gasteiger partial charge in [-0.1, -0.05) is 60.1 Å². The van der Waals surface area contributed by atoms with Crippen molar-refractivity contribution in [2.75, 3.05) is 6.54 Å². The highest BCUT2D eigenvalue weighted by atomic mass is 35.5. The van der Waals surface area contributed by atoms with E-state index in [4.69, 9.17) is 16.9 Å². The predicted molar refractivity (Wildman–Crippen MR) is 144 cm³/mol. The summed E-state index contributed by atoms with van der Waals surface area (Å²) in [6, 6.07) is 25.6. The highest BCUT2D eigenvalue weighted by molar-refractivity contribution is 6.30. The first kappa shape index (κ1) is 24.8. The third-order valence-corrected chi connectivity index (χ3v) is 7.07. The molecule has 1 N–H and O–H groups in total. The number of carbonyl (C=O) groups excluding carboxylic acids is 1. The number of fused-ring (bicyclic) bond motifs is 1. The lowest BCUT2D eigenvalue weighted by Crippen LogP contribution is -2.50. The number of halogens is 1. The second-order valence-electron chi connectivity index (χ2n) is 9.39. The predicted octanol–water partition coefficient (Wildman–Crippen LogP) is 4.74. The lowest BCUT2D eigenvalue weighted by Gasteiger charge is -2.36. The smallest absolute Gasteiger partial charge is 0.237 e. The minimum absolute atomic E-state index is 0.0367. The maximum Gasteiger partial charge on any atom is 0.237 e. The molecular weight excluding hydrogens is 482 g/mol. The van der Waals surface area contributed by atoms with E-state index in [0.717, 1.165) is 23.4 Å². The number of imidazole rings is 1. The molecule has 6 nitrogen and oxygen atoms in total. The third kappa shape index (κ3) is 6.08. The van der Waals surface area contributed by atoms with E-state index in [9.17, 15) is 4.79 Å². The summed E-state index contributed by atoms with van der Waals surface area (Å²) in [7, 11) is 0. The zero-order valence-corrected chi connectivity index (χ0v) is 21.2. The van der Waals surface area contributed by atoms with Crippen molar-refractivity contribution in [2.45, 2.75) is 38.5 Å². The van der Waals surface area contributed by atoms with Crippen molar-refractivity contribution in [3.63, 3.8) is 0 Å². The van der Waals surface area contributed by atoms with Crippen LogP contribution in [0.5, 0.6) is 0 Å². The van der Waals surface area contributed by atoms with Gasteiger partial charge in [0.25, 0.3) is 0 Å². The van der Waals surface area contributed by atoms with E-state index >= 15 is 0 Å². The van der Waals surface area contributed by atoms with E-state index in [0.29, 0.717) is 43.1 Å². The van der Waals surface area contributed by atoms with Gasteiger partial charge in [-0.3, -0.25) is 9.69 Å². The van der Waals surface area contributed by atoms with Crippen LogP contribution in [0.1, 0.15) is 33.5 Å². The number of hydrogen-bond donors (Lipinski definition) is 1. The molecule has 0 saturated carbocycles. The maximum absolute atomic E-state index is 13.4. The molecule has 5 rings (SSSR count). The monoisotopic (exact) mass is 509 g/mol. The number of nitriles is 1. The number of rotatable bonds is 8. The summed E-state index contributed by atoms with van der Waals surface area (Å²) in [4.78, 5) is 20.0. The van der Waals surface area contributed by atoms with Crippen molar-refractivity contribution in [1.82, 2.24) is 19.8 Å². The molecule has 7 heteroatoms. The number of benzene rings is 3. The van der Waals surface area contributed by atoms with E-state index < -0.39 is 0 Å². The van der Waals surface area contributed by atoms with Gasteiger partial charge < -0.3 is 9.88 Å². The minimum atomic E-state index is -0.252. The standard InChI is InChI=1S/C30H28ClN5O/c31-27-7-3-4-24(14-27)19-35-20-26-6-2-1-5-25(26)15-29(35)30(37)34-13-12-28-17-33-21-36(28)18-23-10-8-22(16-32)9-11-23/h1-11,14,17,21,29H,12-13,15,18-20H2,(H,34,37)/t29-/m1/s1. The Morgan fingerprint density at radius 2 is 1.84 bits per heavy atom. The van der Waals surface area contributed by atoms with Crippen molar-refractivity contribution in [1.29, 1.82) is 5.26 Å². The Bertz CT molecular complexity index is 1420. The van der Waals surface area contributed by atoms with Gasteiger partial charge in [0.2, 0.25) is 5.91 Å². The van der Waals surface area contributed by atoms with Crippen LogP contribution >= 0.6 is 11.6 Å². The molecule has 0 fully saturated rings. The molecule has 1 aromatic heterocycles. The Balaban J connectivity index is 1.23. The van der Waals surface area contributed by atoms with E-state index in [1.165, 1.54) is 11.1 Å². The van der Waals surface area contributed by atoms with Gasteiger partial charge in [0.05, 0.1) is 24.0 Å². The van der Waals surface area contributed by atoms with Crippen molar-refractivity contribution in [3.05, 3.63) is 124 Å². The van der Waals surface area contributed by atoms with Crippen LogP contribution in [-0.4, -0.2) is 32.9 Å². The fraction of sp³-hybridized carbons (Fsp3) is 0.233. The maximum atomic E-state index is 13.4. The number of aromatic nitrogens is 2. The van der Waals surface area contributed by atoms with Crippen LogP contribution in [0.25, 0.3) is 0 Å². The second-order valence-corrected chi connectivity index (χ2v) is 9.82. The fourth-order valence-electron chi connectivity index (χ4n) is 4.88. The zero-order chi connectivity index (χ0) is 25.6. The first-order valence-electron chi connectivity index (χ1n) is 12.4. The van der Waals surface area contributed by atoms with Crippen LogP contribution in [-0.2, 0) is 37.3 Å². The second kappa shape index (κ2) is 11.4. The molecule has 1 amide bonds. The Labute approximate surface area is 222 Å². The summed E-state index contributed by atoms with van der Waals surface area (Å²) >= 11 is 6.22. The molecule has 0 saturated heterocycles. The number of hydrogen-bond acceptors (Lipinski definition) is 4. The number of amides is 1. The quantitative estimate of drug-likeness (QED) is 0.372. The van der Waals surface area contributed by atoms with Gasteiger partial charge in [-0.05, 0) is 52.9 Å². The lowest BCUT2D eigenvalue weighted by atomic mass is 9.93. The summed E-state index contributed by atoms with van der Waals surface area (Å²) in [6.07, 6.45) is 5.01. The molecule has 0 spiro atoms. The average molecular weight is 510 g/mol. The largest absolute Gasteiger partial charge is 0.354 e. The van der Waals surface area contributed by atoms with Crippen LogP contribution in [0.3, 0.4) is 0 Å². The van der Waals surface area contributed by atoms with Crippen molar-refractivity contribution < 1.29 is 4.79 Å². The molecule has 1 aliphatic rings. The molecule has 37 heavy (non-hydrogen) atoms. The molecule has 0 aliphatic carbocycles. The van der Waals surface area contributed by atoms with Crippen LogP contribution in [0.4, 0.5) is 0 Å². The van der Waals surface area contributed by atoms with Gasteiger partial charge in [-0.2, -0.15) is 5.26 Å². The van der Waals surface area contributed by atoms with Crippen molar-refractivity contribution in [2.24, 2.45) is 0 Å². The highest BCUT2D eigenvalue weighted by Crippen LogP contribution is 2.26. The first-order chi connectivity index (χ1) is 18.1. The van der Waals surface area contributed by atoms with E-state index in [-0.39, 0.29) is 11.9 Å². The van der Waals surface area contributed by atoms with Gasteiger partial charge in [-0.25, -0.2) is 4.98 Å². The molecule has 2 heterocycles. The molecule has 1 atom stereocenters. The van der Waals surface area contributed by atoms with Gasteiger partial charge in [0.15, 0.2) is 0 Å². The third-order valence-electron chi connectivity index (χ3n) is 6.84. The normalized spacial score (nSPS) is 15.1. The van der Waals surface area contributed by atoms with Crippen LogP contribution in [0, 0.1) is 11.3 Å². The number of nitrogens with zero attached hydrogens (tertiary/aromatic N) is 4. The average Bonchev–Trinajstić information content (AvgIpc) is 3.35. The van der Waals surface area contributed by atoms with Crippen LogP contribution in [0.15, 0.2) is 85.3 Å². The topological polar surface area (TPSA) is 74.0 Å². The van der Waals surface area contributed by atoms with Crippen LogP contribution < -0.4 is 5.32 Å². The van der Waals surface area contributed by atoms with Gasteiger partial charge in [0.1, 0.15) is 0 Å². The van der Waals surface area contributed by atoms with Crippen LogP contribution in [0.2, 0.25) is 5.02 Å². The van der Waals surface area contributed by atoms with Crippen molar-refractivity contribution in [3.8, 4) is 6.07 Å². The Hall–Kier alpha value is -3.92. The molecule has 0 bridgehead atoms. The van der Waals surface area contributed by atoms with E-state index in [1.807, 2.05) is 54.7 Å². The molecule has 4 aromatic rings. The summed E-state index contributed by atoms with van der Waals surface area (Å²) in [5.74, 6) is 0.0367. The number of carbonyl (C=O) groups is 1. The van der Waals surface area contributed by atoms with Crippen molar-refractivity contribution >= 4 is 17.5 Å². The molecule has 0 unspecified atom stereocenters. The molecule has 0 radical (unpaired) electrons. The Kier molecular flexibility index (Phi) is 7.65. The summed E-state index contributed by atoms with van der Waals surface area (Å²) in [5, 5.41) is 12.9. The zero-order valence-electron chi connectivity index (χ0n) is 20.5. The summed E-state index contributed by atoms with van der Waals surface area (Å²) < 4.78 is 2.08. The van der Waals surface area contributed by atoms with E-state index in [2.05, 4.69) is 50.1 Å². The van der Waals surface area contributed by atoms with Gasteiger partial charge in [0, 0.05) is 49.5 Å². The van der Waals surface area contributed by atoms with Gasteiger partial charge >= 0.3 is 0 Å². The Morgan fingerprint density at radius 1 is 1.03 bits per heavy atom. The fourth-order valence-corrected chi connectivity index (χ4v) is 5.10. The summed E-state index contributed by atoms with van der Waals surface area (Å²) in [6.45, 7) is 2.57. The SMILES string of the molecule is N#Cc1ccc(Cn2cncc2CCNC(=O)[C@H]2Cc3ccccc3CN2Cc2cccc(Cl)c2)cc1. The molecular formula is C30H28ClN5O. The van der Waals surface area contributed by atoms with Gasteiger partial charge in [-0.15, -0.1) is 0 Å². The molecule has 186 valence electrons. The highest BCUT2D eigenvalue weighted by Gasteiger charge is 2.31. The van der Waals surface area contributed by atoms with E-state index in [1.54, 1.807) is 6.33 Å². The minimum Gasteiger partial charge on any atom is -0.354 e. The Morgan fingerprint density at radius 3 is 2.62 bits per heavy atom. The summed E-state index contributed by atoms with van der Waals surface area (Å²) in [5.41, 5.74) is 6.38. The molecule has 1 aliphatic heterocycles. The lowest BCUT2D eigenvalue weighted by molar-refractivity contribution is -0.127.